The lowest BCUT2D eigenvalue weighted by Crippen LogP contribution is -2.29. The van der Waals surface area contributed by atoms with E-state index in [1.54, 1.807) is 38.1 Å². The highest BCUT2D eigenvalue weighted by Gasteiger charge is 2.16. The predicted octanol–water partition coefficient (Wildman–Crippen LogP) is 2.93. The van der Waals surface area contributed by atoms with Crippen molar-refractivity contribution < 1.29 is 13.2 Å². The van der Waals surface area contributed by atoms with Crippen LogP contribution in [-0.4, -0.2) is 26.2 Å². The summed E-state index contributed by atoms with van der Waals surface area (Å²) in [5, 5.41) is 5.08. The van der Waals surface area contributed by atoms with Gasteiger partial charge in [-0.05, 0) is 38.0 Å². The van der Waals surface area contributed by atoms with E-state index in [1.807, 2.05) is 0 Å². The zero-order chi connectivity index (χ0) is 15.9. The molecule has 0 atom stereocenters. The highest BCUT2D eigenvalue weighted by molar-refractivity contribution is 7.91. The number of hydrogen-bond acceptors (Lipinski definition) is 3. The largest absolute Gasteiger partial charge is 0.338 e. The van der Waals surface area contributed by atoms with Crippen LogP contribution < -0.4 is 10.6 Å². The Hall–Kier alpha value is -1.56. The minimum absolute atomic E-state index is 0.0215. The van der Waals surface area contributed by atoms with Gasteiger partial charge in [0.25, 0.3) is 0 Å². The molecule has 21 heavy (non-hydrogen) atoms. The third kappa shape index (κ3) is 6.16. The predicted molar refractivity (Wildman–Crippen MR) is 86.1 cm³/mol. The van der Waals surface area contributed by atoms with Crippen LogP contribution in [0.4, 0.5) is 10.5 Å². The van der Waals surface area contributed by atoms with Gasteiger partial charge in [0, 0.05) is 12.2 Å². The van der Waals surface area contributed by atoms with Gasteiger partial charge < -0.3 is 10.6 Å². The number of sulfone groups is 1. The van der Waals surface area contributed by atoms with Crippen LogP contribution >= 0.6 is 0 Å². The molecule has 0 fully saturated rings. The van der Waals surface area contributed by atoms with Crippen molar-refractivity contribution in [2.24, 2.45) is 0 Å². The standard InChI is InChI=1S/C15H24N2O3S/c1-4-5-10-16-15(18)17-14-8-6-13(7-9-14)11-21(19,20)12(2)3/h6-9,12H,4-5,10-11H2,1-3H3,(H2,16,17,18). The molecule has 2 amide bonds. The molecule has 0 aliphatic rings. The summed E-state index contributed by atoms with van der Waals surface area (Å²) in [6, 6.07) is 6.63. The first-order valence-corrected chi connectivity index (χ1v) is 8.92. The van der Waals surface area contributed by atoms with E-state index in [9.17, 15) is 13.2 Å². The van der Waals surface area contributed by atoms with Crippen LogP contribution in [0.5, 0.6) is 0 Å². The third-order valence-electron chi connectivity index (χ3n) is 3.11. The zero-order valence-corrected chi connectivity index (χ0v) is 13.7. The van der Waals surface area contributed by atoms with Gasteiger partial charge in [-0.25, -0.2) is 13.2 Å². The molecular weight excluding hydrogens is 288 g/mol. The Morgan fingerprint density at radius 2 is 1.81 bits per heavy atom. The van der Waals surface area contributed by atoms with E-state index >= 15 is 0 Å². The van der Waals surface area contributed by atoms with Gasteiger partial charge in [-0.3, -0.25) is 0 Å². The molecule has 118 valence electrons. The molecule has 0 heterocycles. The van der Waals surface area contributed by atoms with Crippen molar-refractivity contribution in [2.75, 3.05) is 11.9 Å². The van der Waals surface area contributed by atoms with E-state index in [0.717, 1.165) is 18.4 Å². The Morgan fingerprint density at radius 1 is 1.19 bits per heavy atom. The molecule has 0 aliphatic heterocycles. The topological polar surface area (TPSA) is 75.3 Å². The van der Waals surface area contributed by atoms with E-state index < -0.39 is 9.84 Å². The van der Waals surface area contributed by atoms with E-state index in [4.69, 9.17) is 0 Å². The summed E-state index contributed by atoms with van der Waals surface area (Å²) < 4.78 is 23.7. The number of urea groups is 1. The fourth-order valence-corrected chi connectivity index (χ4v) is 2.63. The van der Waals surface area contributed by atoms with Crippen molar-refractivity contribution in [3.63, 3.8) is 0 Å². The Kier molecular flexibility index (Phi) is 6.68. The van der Waals surface area contributed by atoms with Crippen molar-refractivity contribution in [1.82, 2.24) is 5.32 Å². The smallest absolute Gasteiger partial charge is 0.319 e. The summed E-state index contributed by atoms with van der Waals surface area (Å²) in [5.74, 6) is 0.0215. The summed E-state index contributed by atoms with van der Waals surface area (Å²) in [6.45, 7) is 6.05. The highest BCUT2D eigenvalue weighted by atomic mass is 32.2. The van der Waals surface area contributed by atoms with Crippen molar-refractivity contribution in [3.8, 4) is 0 Å². The second-order valence-electron chi connectivity index (χ2n) is 5.29. The normalized spacial score (nSPS) is 11.4. The van der Waals surface area contributed by atoms with Gasteiger partial charge in [-0.2, -0.15) is 0 Å². The molecule has 0 aromatic heterocycles. The second kappa shape index (κ2) is 8.02. The number of anilines is 1. The monoisotopic (exact) mass is 312 g/mol. The van der Waals surface area contributed by atoms with Gasteiger partial charge >= 0.3 is 6.03 Å². The number of carbonyl (C=O) groups excluding carboxylic acids is 1. The molecule has 1 rings (SSSR count). The molecule has 1 aromatic rings. The Labute approximate surface area is 127 Å². The van der Waals surface area contributed by atoms with Gasteiger partial charge in [0.15, 0.2) is 9.84 Å². The minimum atomic E-state index is -3.10. The first-order valence-electron chi connectivity index (χ1n) is 7.20. The summed E-state index contributed by atoms with van der Waals surface area (Å²) in [6.07, 6.45) is 1.97. The minimum Gasteiger partial charge on any atom is -0.338 e. The van der Waals surface area contributed by atoms with E-state index in [0.29, 0.717) is 12.2 Å². The molecule has 5 nitrogen and oxygen atoms in total. The highest BCUT2D eigenvalue weighted by Crippen LogP contribution is 2.14. The first kappa shape index (κ1) is 17.5. The van der Waals surface area contributed by atoms with Gasteiger partial charge in [-0.1, -0.05) is 25.5 Å². The summed E-state index contributed by atoms with van der Waals surface area (Å²) in [4.78, 5) is 11.6. The fraction of sp³-hybridized carbons (Fsp3) is 0.533. The second-order valence-corrected chi connectivity index (χ2v) is 7.84. The molecule has 0 aliphatic carbocycles. The van der Waals surface area contributed by atoms with Crippen LogP contribution in [-0.2, 0) is 15.6 Å². The lowest BCUT2D eigenvalue weighted by atomic mass is 10.2. The Bertz CT molecular complexity index is 551. The van der Waals surface area contributed by atoms with Gasteiger partial charge in [-0.15, -0.1) is 0 Å². The number of amides is 2. The number of nitrogens with one attached hydrogen (secondary N) is 2. The van der Waals surface area contributed by atoms with E-state index in [-0.39, 0.29) is 17.0 Å². The summed E-state index contributed by atoms with van der Waals surface area (Å²) in [5.41, 5.74) is 1.37. The van der Waals surface area contributed by atoms with Crippen LogP contribution in [0.3, 0.4) is 0 Å². The van der Waals surface area contributed by atoms with Gasteiger partial charge in [0.05, 0.1) is 11.0 Å². The summed E-state index contributed by atoms with van der Waals surface area (Å²) >= 11 is 0. The lowest BCUT2D eigenvalue weighted by molar-refractivity contribution is 0.252. The SMILES string of the molecule is CCCCNC(=O)Nc1ccc(CS(=O)(=O)C(C)C)cc1. The Morgan fingerprint density at radius 3 is 2.33 bits per heavy atom. The third-order valence-corrected chi connectivity index (χ3v) is 5.29. The molecule has 0 bridgehead atoms. The molecule has 6 heteroatoms. The van der Waals surface area contributed by atoms with Crippen LogP contribution in [0, 0.1) is 0 Å². The quantitative estimate of drug-likeness (QED) is 0.760. The number of hydrogen-bond donors (Lipinski definition) is 2. The van der Waals surface area contributed by atoms with E-state index in [2.05, 4.69) is 17.6 Å². The molecule has 0 spiro atoms. The van der Waals surface area contributed by atoms with Gasteiger partial charge in [0.1, 0.15) is 0 Å². The number of rotatable bonds is 7. The number of unbranched alkanes of at least 4 members (excludes halogenated alkanes) is 1. The van der Waals surface area contributed by atoms with Gasteiger partial charge in [0.2, 0.25) is 0 Å². The maximum Gasteiger partial charge on any atom is 0.319 e. The van der Waals surface area contributed by atoms with Crippen molar-refractivity contribution in [2.45, 2.75) is 44.6 Å². The molecule has 1 aromatic carbocycles. The van der Waals surface area contributed by atoms with E-state index in [1.165, 1.54) is 0 Å². The molecule has 0 saturated heterocycles. The maximum absolute atomic E-state index is 11.8. The lowest BCUT2D eigenvalue weighted by Gasteiger charge is -2.09. The fourth-order valence-electron chi connectivity index (χ4n) is 1.64. The number of benzene rings is 1. The summed E-state index contributed by atoms with van der Waals surface area (Å²) in [7, 11) is -3.10. The number of carbonyl (C=O) groups is 1. The molecule has 0 saturated carbocycles. The van der Waals surface area contributed by atoms with Crippen molar-refractivity contribution in [1.29, 1.82) is 0 Å². The molecule has 0 unspecified atom stereocenters. The van der Waals surface area contributed by atoms with Crippen LogP contribution in [0.2, 0.25) is 0 Å². The zero-order valence-electron chi connectivity index (χ0n) is 12.8. The molecule has 2 N–H and O–H groups in total. The first-order chi connectivity index (χ1) is 9.85. The molecular formula is C15H24N2O3S. The molecule has 0 radical (unpaired) electrons. The van der Waals surface area contributed by atoms with Crippen LogP contribution in [0.25, 0.3) is 0 Å². The average Bonchev–Trinajstić information content (AvgIpc) is 2.41. The van der Waals surface area contributed by atoms with Crippen LogP contribution in [0.1, 0.15) is 39.2 Å². The maximum atomic E-state index is 11.8. The Balaban J connectivity index is 2.56. The average molecular weight is 312 g/mol. The van der Waals surface area contributed by atoms with Crippen molar-refractivity contribution in [3.05, 3.63) is 29.8 Å². The van der Waals surface area contributed by atoms with Crippen molar-refractivity contribution >= 4 is 21.6 Å². The van der Waals surface area contributed by atoms with Crippen LogP contribution in [0.15, 0.2) is 24.3 Å².